The fraction of sp³-hybridized carbons (Fsp3) is 0.333. The second-order valence-corrected chi connectivity index (χ2v) is 3.79. The third kappa shape index (κ3) is 2.28. The van der Waals surface area contributed by atoms with Crippen LogP contribution in [0, 0.1) is 0 Å². The number of esters is 1. The van der Waals surface area contributed by atoms with Crippen LogP contribution in [0.15, 0.2) is 18.2 Å². The third-order valence-corrected chi connectivity index (χ3v) is 2.66. The number of nitrogens with zero attached hydrogens (tertiary/aromatic N) is 1. The molecule has 0 aliphatic carbocycles. The van der Waals surface area contributed by atoms with Crippen LogP contribution >= 0.6 is 0 Å². The summed E-state index contributed by atoms with van der Waals surface area (Å²) in [4.78, 5) is 24.8. The Morgan fingerprint density at radius 2 is 2.28 bits per heavy atom. The van der Waals surface area contributed by atoms with Gasteiger partial charge in [0.1, 0.15) is 12.4 Å². The number of hydrogen-bond acceptors (Lipinski definition) is 5. The Kier molecular flexibility index (Phi) is 3.47. The first-order valence-corrected chi connectivity index (χ1v) is 5.43. The summed E-state index contributed by atoms with van der Waals surface area (Å²) < 4.78 is 9.67. The van der Waals surface area contributed by atoms with Gasteiger partial charge in [-0.05, 0) is 12.1 Å². The Morgan fingerprint density at radius 1 is 1.50 bits per heavy atom. The van der Waals surface area contributed by atoms with Gasteiger partial charge in [-0.3, -0.25) is 4.79 Å². The smallest absolute Gasteiger partial charge is 0.339 e. The molecule has 0 atom stereocenters. The largest absolute Gasteiger partial charge is 0.508 e. The average Bonchev–Trinajstić information content (AvgIpc) is 2.38. The summed E-state index contributed by atoms with van der Waals surface area (Å²) in [6.45, 7) is 0.699. The molecule has 1 amide bonds. The highest BCUT2D eigenvalue weighted by Crippen LogP contribution is 2.27. The summed E-state index contributed by atoms with van der Waals surface area (Å²) in [5.41, 5.74) is 0.584. The van der Waals surface area contributed by atoms with Crippen LogP contribution in [0.2, 0.25) is 0 Å². The number of rotatable bonds is 2. The number of carbonyl (C=O) groups excluding carboxylic acids is 2. The standard InChI is InChI=1S/C12H13NO5/c1-17-12(16)9-3-2-8(14)6-10(9)13-4-5-18-7-11(13)15/h2-3,6,14H,4-5,7H2,1H3. The second kappa shape index (κ2) is 5.05. The number of phenolic OH excluding ortho intramolecular Hbond substituents is 1. The van der Waals surface area contributed by atoms with Crippen LogP contribution in [0.4, 0.5) is 5.69 Å². The lowest BCUT2D eigenvalue weighted by Gasteiger charge is -2.28. The summed E-state index contributed by atoms with van der Waals surface area (Å²) in [5.74, 6) is -0.821. The molecule has 6 nitrogen and oxygen atoms in total. The van der Waals surface area contributed by atoms with Crippen molar-refractivity contribution in [2.75, 3.05) is 31.8 Å². The number of ether oxygens (including phenoxy) is 2. The Labute approximate surface area is 104 Å². The molecule has 1 aliphatic rings. The zero-order valence-corrected chi connectivity index (χ0v) is 9.88. The first kappa shape index (κ1) is 12.4. The summed E-state index contributed by atoms with van der Waals surface area (Å²) in [6.07, 6.45) is 0. The molecule has 0 aromatic heterocycles. The van der Waals surface area contributed by atoms with Crippen molar-refractivity contribution >= 4 is 17.6 Å². The molecule has 6 heteroatoms. The number of hydrogen-bond donors (Lipinski definition) is 1. The Hall–Kier alpha value is -2.08. The quantitative estimate of drug-likeness (QED) is 0.776. The van der Waals surface area contributed by atoms with Crippen LogP contribution in [-0.4, -0.2) is 43.9 Å². The number of anilines is 1. The molecular weight excluding hydrogens is 238 g/mol. The molecule has 2 rings (SSSR count). The normalized spacial score (nSPS) is 15.6. The van der Waals surface area contributed by atoms with E-state index in [1.165, 1.54) is 30.2 Å². The van der Waals surface area contributed by atoms with Crippen LogP contribution in [0.25, 0.3) is 0 Å². The molecule has 0 radical (unpaired) electrons. The molecule has 0 spiro atoms. The van der Waals surface area contributed by atoms with E-state index < -0.39 is 5.97 Å². The summed E-state index contributed by atoms with van der Waals surface area (Å²) >= 11 is 0. The van der Waals surface area contributed by atoms with E-state index in [9.17, 15) is 14.7 Å². The number of phenols is 1. The summed E-state index contributed by atoms with van der Waals surface area (Å²) in [5, 5.41) is 9.49. The van der Waals surface area contributed by atoms with E-state index in [1.807, 2.05) is 0 Å². The van der Waals surface area contributed by atoms with Crippen LogP contribution in [0.1, 0.15) is 10.4 Å². The van der Waals surface area contributed by atoms with Crippen molar-refractivity contribution in [1.82, 2.24) is 0 Å². The Balaban J connectivity index is 2.43. The van der Waals surface area contributed by atoms with E-state index in [1.54, 1.807) is 0 Å². The number of benzene rings is 1. The topological polar surface area (TPSA) is 76.1 Å². The van der Waals surface area contributed by atoms with Crippen LogP contribution in [-0.2, 0) is 14.3 Å². The molecular formula is C12H13NO5. The molecule has 1 fully saturated rings. The number of methoxy groups -OCH3 is 1. The highest BCUT2D eigenvalue weighted by atomic mass is 16.5. The van der Waals surface area contributed by atoms with Gasteiger partial charge in [0.25, 0.3) is 5.91 Å². The molecule has 1 aliphatic heterocycles. The van der Waals surface area contributed by atoms with E-state index in [-0.39, 0.29) is 23.8 Å². The van der Waals surface area contributed by atoms with Gasteiger partial charge in [0, 0.05) is 12.6 Å². The average molecular weight is 251 g/mol. The Morgan fingerprint density at radius 3 is 2.94 bits per heavy atom. The van der Waals surface area contributed by atoms with Crippen molar-refractivity contribution in [3.63, 3.8) is 0 Å². The van der Waals surface area contributed by atoms with Gasteiger partial charge in [-0.15, -0.1) is 0 Å². The molecule has 0 saturated carbocycles. The molecule has 1 saturated heterocycles. The second-order valence-electron chi connectivity index (χ2n) is 3.79. The zero-order chi connectivity index (χ0) is 13.1. The van der Waals surface area contributed by atoms with Crippen molar-refractivity contribution in [2.45, 2.75) is 0 Å². The molecule has 1 N–H and O–H groups in total. The van der Waals surface area contributed by atoms with Crippen molar-refractivity contribution in [3.8, 4) is 5.75 Å². The maximum absolute atomic E-state index is 11.7. The van der Waals surface area contributed by atoms with E-state index >= 15 is 0 Å². The number of amides is 1. The van der Waals surface area contributed by atoms with Crippen LogP contribution in [0.3, 0.4) is 0 Å². The predicted octanol–water partition coefficient (Wildman–Crippen LogP) is 0.542. The minimum absolute atomic E-state index is 0.0167. The Bertz CT molecular complexity index is 485. The van der Waals surface area contributed by atoms with Gasteiger partial charge in [-0.2, -0.15) is 0 Å². The van der Waals surface area contributed by atoms with Gasteiger partial charge < -0.3 is 19.5 Å². The SMILES string of the molecule is COC(=O)c1ccc(O)cc1N1CCOCC1=O. The highest BCUT2D eigenvalue weighted by molar-refractivity contribution is 6.03. The van der Waals surface area contributed by atoms with Gasteiger partial charge in [0.2, 0.25) is 0 Å². The lowest BCUT2D eigenvalue weighted by Crippen LogP contribution is -2.42. The van der Waals surface area contributed by atoms with Gasteiger partial charge >= 0.3 is 5.97 Å². The molecule has 0 bridgehead atoms. The molecule has 18 heavy (non-hydrogen) atoms. The van der Waals surface area contributed by atoms with Gasteiger partial charge in [0.15, 0.2) is 0 Å². The number of morpholine rings is 1. The van der Waals surface area contributed by atoms with Gasteiger partial charge in [-0.1, -0.05) is 0 Å². The number of aromatic hydroxyl groups is 1. The van der Waals surface area contributed by atoms with E-state index in [0.717, 1.165) is 0 Å². The van der Waals surface area contributed by atoms with Crippen molar-refractivity contribution in [1.29, 1.82) is 0 Å². The van der Waals surface area contributed by atoms with E-state index in [4.69, 9.17) is 4.74 Å². The fourth-order valence-electron chi connectivity index (χ4n) is 1.80. The van der Waals surface area contributed by atoms with E-state index in [0.29, 0.717) is 18.8 Å². The molecule has 1 heterocycles. The molecule has 0 unspecified atom stereocenters. The van der Waals surface area contributed by atoms with Gasteiger partial charge in [0.05, 0.1) is 25.0 Å². The highest BCUT2D eigenvalue weighted by Gasteiger charge is 2.25. The van der Waals surface area contributed by atoms with Crippen molar-refractivity contribution in [2.24, 2.45) is 0 Å². The van der Waals surface area contributed by atoms with Crippen molar-refractivity contribution < 1.29 is 24.2 Å². The lowest BCUT2D eigenvalue weighted by atomic mass is 10.1. The maximum atomic E-state index is 11.7. The molecule has 1 aromatic rings. The van der Waals surface area contributed by atoms with Crippen LogP contribution < -0.4 is 4.90 Å². The maximum Gasteiger partial charge on any atom is 0.339 e. The molecule has 96 valence electrons. The van der Waals surface area contributed by atoms with Gasteiger partial charge in [-0.25, -0.2) is 4.79 Å². The first-order valence-electron chi connectivity index (χ1n) is 5.43. The van der Waals surface area contributed by atoms with Crippen LogP contribution in [0.5, 0.6) is 5.75 Å². The van der Waals surface area contributed by atoms with Crippen molar-refractivity contribution in [3.05, 3.63) is 23.8 Å². The third-order valence-electron chi connectivity index (χ3n) is 2.66. The molecule has 1 aromatic carbocycles. The summed E-state index contributed by atoms with van der Waals surface area (Å²) in [7, 11) is 1.26. The number of carbonyl (C=O) groups is 2. The van der Waals surface area contributed by atoms with E-state index in [2.05, 4.69) is 4.74 Å². The minimum Gasteiger partial charge on any atom is -0.508 e. The zero-order valence-electron chi connectivity index (χ0n) is 9.88. The first-order chi connectivity index (χ1) is 8.63. The lowest BCUT2D eigenvalue weighted by molar-refractivity contribution is -0.125. The minimum atomic E-state index is -0.552. The fourth-order valence-corrected chi connectivity index (χ4v) is 1.80. The summed E-state index contributed by atoms with van der Waals surface area (Å²) in [6, 6.07) is 4.18. The monoisotopic (exact) mass is 251 g/mol. The predicted molar refractivity (Wildman–Crippen MR) is 62.6 cm³/mol.